The van der Waals surface area contributed by atoms with Crippen molar-refractivity contribution in [2.75, 3.05) is 0 Å². The number of nitrogens with one attached hydrogen (secondary N) is 1. The molecule has 0 aliphatic rings. The van der Waals surface area contributed by atoms with Crippen LogP contribution < -0.4 is 5.32 Å². The Balaban J connectivity index is 1.99. The first kappa shape index (κ1) is 13.5. The summed E-state index contributed by atoms with van der Waals surface area (Å²) in [6.45, 7) is 2.75. The highest BCUT2D eigenvalue weighted by Crippen LogP contribution is 2.07. The van der Waals surface area contributed by atoms with Crippen molar-refractivity contribution in [2.24, 2.45) is 0 Å². The van der Waals surface area contributed by atoms with Crippen LogP contribution in [-0.4, -0.2) is 11.8 Å². The van der Waals surface area contributed by atoms with Gasteiger partial charge in [-0.15, -0.1) is 0 Å². The maximum absolute atomic E-state index is 12.3. The van der Waals surface area contributed by atoms with Crippen molar-refractivity contribution in [3.05, 3.63) is 71.8 Å². The second-order valence-electron chi connectivity index (χ2n) is 4.56. The zero-order valence-electron chi connectivity index (χ0n) is 11.2. The van der Waals surface area contributed by atoms with E-state index in [2.05, 4.69) is 17.4 Å². The smallest absolute Gasteiger partial charge is 0.179 e. The van der Waals surface area contributed by atoms with E-state index in [0.717, 1.165) is 18.5 Å². The summed E-state index contributed by atoms with van der Waals surface area (Å²) in [6.07, 6.45) is 0.792. The number of benzene rings is 2. The fourth-order valence-corrected chi connectivity index (χ4v) is 2.06. The first-order chi connectivity index (χ1) is 9.31. The summed E-state index contributed by atoms with van der Waals surface area (Å²) >= 11 is 0. The largest absolute Gasteiger partial charge is 0.303 e. The van der Waals surface area contributed by atoms with E-state index in [0.29, 0.717) is 0 Å². The van der Waals surface area contributed by atoms with Gasteiger partial charge in [-0.1, -0.05) is 67.6 Å². The molecule has 0 bridgehead atoms. The molecule has 2 nitrogen and oxygen atoms in total. The molecule has 2 heteroatoms. The zero-order chi connectivity index (χ0) is 13.5. The maximum Gasteiger partial charge on any atom is 0.179 e. The minimum Gasteiger partial charge on any atom is -0.303 e. The highest BCUT2D eigenvalue weighted by atomic mass is 16.1. The van der Waals surface area contributed by atoms with Crippen LogP contribution in [0.4, 0.5) is 0 Å². The Labute approximate surface area is 114 Å². The molecule has 0 fully saturated rings. The fraction of sp³-hybridized carbons (Fsp3) is 0.235. The predicted molar refractivity (Wildman–Crippen MR) is 78.1 cm³/mol. The highest BCUT2D eigenvalue weighted by molar-refractivity contribution is 6.00. The van der Waals surface area contributed by atoms with E-state index in [1.54, 1.807) is 0 Å². The lowest BCUT2D eigenvalue weighted by atomic mass is 10.0. The molecule has 0 radical (unpaired) electrons. The second kappa shape index (κ2) is 6.86. The van der Waals surface area contributed by atoms with Crippen LogP contribution in [0.25, 0.3) is 0 Å². The first-order valence-electron chi connectivity index (χ1n) is 6.68. The van der Waals surface area contributed by atoms with Gasteiger partial charge >= 0.3 is 0 Å². The van der Waals surface area contributed by atoms with Crippen LogP contribution in [0.5, 0.6) is 0 Å². The molecule has 98 valence electrons. The zero-order valence-corrected chi connectivity index (χ0v) is 11.2. The van der Waals surface area contributed by atoms with Gasteiger partial charge in [0.2, 0.25) is 0 Å². The quantitative estimate of drug-likeness (QED) is 0.799. The Bertz CT molecular complexity index is 507. The molecule has 0 aliphatic heterocycles. The topological polar surface area (TPSA) is 29.1 Å². The lowest BCUT2D eigenvalue weighted by molar-refractivity contribution is 0.0939. The molecule has 1 unspecified atom stereocenters. The van der Waals surface area contributed by atoms with Crippen molar-refractivity contribution in [1.82, 2.24) is 5.32 Å². The van der Waals surface area contributed by atoms with Crippen LogP contribution in [0.2, 0.25) is 0 Å². The third-order valence-corrected chi connectivity index (χ3v) is 3.18. The van der Waals surface area contributed by atoms with Crippen LogP contribution in [0, 0.1) is 0 Å². The Hall–Kier alpha value is -1.93. The highest BCUT2D eigenvalue weighted by Gasteiger charge is 2.17. The van der Waals surface area contributed by atoms with Crippen molar-refractivity contribution >= 4 is 5.78 Å². The Morgan fingerprint density at radius 2 is 1.58 bits per heavy atom. The summed E-state index contributed by atoms with van der Waals surface area (Å²) in [5.41, 5.74) is 1.97. The summed E-state index contributed by atoms with van der Waals surface area (Å²) in [5.74, 6) is 0.166. The molecule has 1 atom stereocenters. The fourth-order valence-electron chi connectivity index (χ4n) is 2.06. The van der Waals surface area contributed by atoms with Gasteiger partial charge in [-0.3, -0.25) is 4.79 Å². The Morgan fingerprint density at radius 1 is 1.00 bits per heavy atom. The molecule has 2 aromatic carbocycles. The monoisotopic (exact) mass is 253 g/mol. The molecule has 0 saturated heterocycles. The van der Waals surface area contributed by atoms with Gasteiger partial charge in [-0.2, -0.15) is 0 Å². The molecule has 0 saturated carbocycles. The van der Waals surface area contributed by atoms with Crippen LogP contribution in [0.15, 0.2) is 60.7 Å². The van der Waals surface area contributed by atoms with E-state index in [1.807, 2.05) is 55.5 Å². The van der Waals surface area contributed by atoms with E-state index in [-0.39, 0.29) is 11.8 Å². The number of carbonyl (C=O) groups excluding carboxylic acids is 1. The third kappa shape index (κ3) is 3.76. The van der Waals surface area contributed by atoms with E-state index in [9.17, 15) is 4.79 Å². The lowest BCUT2D eigenvalue weighted by Gasteiger charge is -2.16. The number of Topliss-reactive ketones (excluding diaryl/α,β-unsaturated/α-hetero) is 1. The van der Waals surface area contributed by atoms with Gasteiger partial charge in [0, 0.05) is 12.1 Å². The van der Waals surface area contributed by atoms with Crippen LogP contribution in [0.1, 0.15) is 29.3 Å². The average molecular weight is 253 g/mol. The van der Waals surface area contributed by atoms with Crippen LogP contribution in [0.3, 0.4) is 0 Å². The molecule has 2 rings (SSSR count). The molecular weight excluding hydrogens is 234 g/mol. The molecule has 0 aromatic heterocycles. The second-order valence-corrected chi connectivity index (χ2v) is 4.56. The molecule has 0 heterocycles. The summed E-state index contributed by atoms with van der Waals surface area (Å²) in [7, 11) is 0. The van der Waals surface area contributed by atoms with Crippen LogP contribution >= 0.6 is 0 Å². The van der Waals surface area contributed by atoms with E-state index in [4.69, 9.17) is 0 Å². The molecule has 2 aromatic rings. The van der Waals surface area contributed by atoms with Crippen molar-refractivity contribution < 1.29 is 4.79 Å². The summed E-state index contributed by atoms with van der Waals surface area (Å²) in [4.78, 5) is 12.3. The van der Waals surface area contributed by atoms with Crippen molar-refractivity contribution in [1.29, 1.82) is 0 Å². The van der Waals surface area contributed by atoms with Crippen LogP contribution in [-0.2, 0) is 6.54 Å². The third-order valence-electron chi connectivity index (χ3n) is 3.18. The number of hydrogen-bond acceptors (Lipinski definition) is 2. The first-order valence-corrected chi connectivity index (χ1v) is 6.68. The number of carbonyl (C=O) groups is 1. The Morgan fingerprint density at radius 3 is 2.16 bits per heavy atom. The predicted octanol–water partition coefficient (Wildman–Crippen LogP) is 3.44. The standard InChI is InChI=1S/C17H19NO/c1-2-16(17(19)15-11-7-4-8-12-15)18-13-14-9-5-3-6-10-14/h3-12,16,18H,2,13H2,1H3. The van der Waals surface area contributed by atoms with Crippen molar-refractivity contribution in [2.45, 2.75) is 25.9 Å². The summed E-state index contributed by atoms with van der Waals surface area (Å²) in [6, 6.07) is 19.5. The van der Waals surface area contributed by atoms with Gasteiger partial charge in [0.05, 0.1) is 6.04 Å². The molecule has 19 heavy (non-hydrogen) atoms. The number of hydrogen-bond donors (Lipinski definition) is 1. The average Bonchev–Trinajstić information content (AvgIpc) is 2.49. The number of ketones is 1. The van der Waals surface area contributed by atoms with E-state index < -0.39 is 0 Å². The SMILES string of the molecule is CCC(NCc1ccccc1)C(=O)c1ccccc1. The van der Waals surface area contributed by atoms with Gasteiger partial charge in [0.15, 0.2) is 5.78 Å². The maximum atomic E-state index is 12.3. The lowest BCUT2D eigenvalue weighted by Crippen LogP contribution is -2.35. The van der Waals surface area contributed by atoms with Crippen molar-refractivity contribution in [3.8, 4) is 0 Å². The molecule has 1 N–H and O–H groups in total. The van der Waals surface area contributed by atoms with Gasteiger partial charge in [-0.25, -0.2) is 0 Å². The summed E-state index contributed by atoms with van der Waals surface area (Å²) in [5, 5.41) is 3.33. The molecule has 0 aliphatic carbocycles. The molecule has 0 spiro atoms. The van der Waals surface area contributed by atoms with Gasteiger partial charge in [0.25, 0.3) is 0 Å². The number of rotatable bonds is 6. The van der Waals surface area contributed by atoms with E-state index in [1.165, 1.54) is 5.56 Å². The minimum atomic E-state index is -0.123. The van der Waals surface area contributed by atoms with Gasteiger partial charge in [-0.05, 0) is 12.0 Å². The minimum absolute atomic E-state index is 0.123. The Kier molecular flexibility index (Phi) is 4.87. The summed E-state index contributed by atoms with van der Waals surface area (Å²) < 4.78 is 0. The van der Waals surface area contributed by atoms with E-state index >= 15 is 0 Å². The van der Waals surface area contributed by atoms with Crippen molar-refractivity contribution in [3.63, 3.8) is 0 Å². The van der Waals surface area contributed by atoms with Gasteiger partial charge < -0.3 is 5.32 Å². The normalized spacial score (nSPS) is 12.1. The van der Waals surface area contributed by atoms with Gasteiger partial charge in [0.1, 0.15) is 0 Å². The molecular formula is C17H19NO. The molecule has 0 amide bonds.